The maximum atomic E-state index is 13.9. The van der Waals surface area contributed by atoms with Gasteiger partial charge in [-0.25, -0.2) is 19.6 Å². The average Bonchev–Trinajstić information content (AvgIpc) is 4.07. The van der Waals surface area contributed by atoms with Gasteiger partial charge in [0.15, 0.2) is 0 Å². The molecule has 5 atom stereocenters. The summed E-state index contributed by atoms with van der Waals surface area (Å²) in [6.45, 7) is 6.01. The Kier molecular flexibility index (Phi) is 12.1. The van der Waals surface area contributed by atoms with E-state index < -0.39 is 24.3 Å². The van der Waals surface area contributed by atoms with Crippen LogP contribution in [0.25, 0.3) is 22.3 Å². The Bertz CT molecular complexity index is 2150. The zero-order valence-corrected chi connectivity index (χ0v) is 32.8. The molecule has 4 N–H and O–H groups in total. The second kappa shape index (κ2) is 17.5. The van der Waals surface area contributed by atoms with Crippen molar-refractivity contribution < 1.29 is 33.4 Å². The van der Waals surface area contributed by atoms with Crippen molar-refractivity contribution in [3.8, 4) is 23.1 Å². The Morgan fingerprint density at radius 2 is 1.49 bits per heavy atom. The van der Waals surface area contributed by atoms with Gasteiger partial charge < -0.3 is 44.6 Å². The molecule has 15 heteroatoms. The van der Waals surface area contributed by atoms with E-state index in [0.717, 1.165) is 71.9 Å². The molecular formula is C42H50N8O7. The van der Waals surface area contributed by atoms with E-state index in [-0.39, 0.29) is 35.7 Å². The predicted octanol–water partition coefficient (Wildman–Crippen LogP) is 5.21. The molecule has 15 nitrogen and oxygen atoms in total. The van der Waals surface area contributed by atoms with E-state index in [0.29, 0.717) is 38.0 Å². The summed E-state index contributed by atoms with van der Waals surface area (Å²) in [4.78, 5) is 71.6. The molecule has 1 unspecified atom stereocenters. The van der Waals surface area contributed by atoms with Gasteiger partial charge in [-0.1, -0.05) is 37.8 Å². The fourth-order valence-corrected chi connectivity index (χ4v) is 8.08. The van der Waals surface area contributed by atoms with Gasteiger partial charge in [-0.15, -0.1) is 0 Å². The van der Waals surface area contributed by atoms with Crippen LogP contribution in [0.1, 0.15) is 87.2 Å². The molecule has 3 fully saturated rings. The maximum Gasteiger partial charge on any atom is 0.407 e. The summed E-state index contributed by atoms with van der Waals surface area (Å²) in [7, 11) is 2.58. The molecule has 2 aromatic heterocycles. The van der Waals surface area contributed by atoms with Crippen LogP contribution >= 0.6 is 0 Å². The first-order chi connectivity index (χ1) is 27.6. The lowest BCUT2D eigenvalue weighted by molar-refractivity contribution is -0.137. The number of imidazole rings is 2. The second-order valence-electron chi connectivity index (χ2n) is 15.2. The molecule has 7 rings (SSSR count). The first kappa shape index (κ1) is 39.4. The Balaban J connectivity index is 1.01. The van der Waals surface area contributed by atoms with Crippen LogP contribution in [0.3, 0.4) is 0 Å². The number of H-pyrrole nitrogens is 2. The normalized spacial score (nSPS) is 20.5. The van der Waals surface area contributed by atoms with E-state index in [1.54, 1.807) is 11.1 Å². The number of fused-ring (bicyclic) bond motifs is 1. The number of nitrogens with zero attached hydrogens (tertiary/aromatic N) is 4. The Morgan fingerprint density at radius 1 is 0.825 bits per heavy atom. The number of alkyl carbamates (subject to hydrolysis) is 2. The molecular weight excluding hydrogens is 729 g/mol. The highest BCUT2D eigenvalue weighted by Crippen LogP contribution is 2.35. The minimum absolute atomic E-state index is 0.111. The molecule has 3 saturated heterocycles. The summed E-state index contributed by atoms with van der Waals surface area (Å²) in [6, 6.07) is 11.8. The molecule has 0 spiro atoms. The smallest absolute Gasteiger partial charge is 0.407 e. The molecule has 0 bridgehead atoms. The molecule has 2 aromatic carbocycles. The van der Waals surface area contributed by atoms with Crippen LogP contribution in [0, 0.1) is 23.7 Å². The van der Waals surface area contributed by atoms with Crippen LogP contribution in [0.2, 0.25) is 0 Å². The standard InChI is InChI=1S/C42H50N8O7/c1-25(2)35(47-41(53)55-3)39(51)49-19-5-9-33(49)37-43-23-32(46-37)28-16-13-26(14-17-28)11-12-27-15-18-30-31(22-27)45-38(44-30)34-10-6-20-50(34)40(52)36(48-42(54)56-4)29-8-7-21-57-24-29/h13-18,22-23,25,29,33-36H,5-10,19-21,24H2,1-4H3,(H,43,46)(H,44,45)(H,47,53)(H,48,54)/t29?,33-,34-,35-,36-/m0/s1. The van der Waals surface area contributed by atoms with Gasteiger partial charge in [-0.05, 0) is 80.3 Å². The zero-order valence-electron chi connectivity index (χ0n) is 32.8. The molecule has 0 saturated carbocycles. The molecule has 57 heavy (non-hydrogen) atoms. The highest BCUT2D eigenvalue weighted by atomic mass is 16.5. The summed E-state index contributed by atoms with van der Waals surface area (Å²) >= 11 is 0. The van der Waals surface area contributed by atoms with Gasteiger partial charge in [-0.3, -0.25) is 9.59 Å². The van der Waals surface area contributed by atoms with Crippen LogP contribution in [0.4, 0.5) is 9.59 Å². The van der Waals surface area contributed by atoms with Crippen LogP contribution < -0.4 is 10.6 Å². The fraction of sp³-hybridized carbons (Fsp3) is 0.476. The van der Waals surface area contributed by atoms with E-state index in [4.69, 9.17) is 19.2 Å². The predicted molar refractivity (Wildman–Crippen MR) is 211 cm³/mol. The minimum atomic E-state index is -0.738. The van der Waals surface area contributed by atoms with E-state index in [9.17, 15) is 19.2 Å². The second-order valence-corrected chi connectivity index (χ2v) is 15.2. The number of hydrogen-bond donors (Lipinski definition) is 4. The van der Waals surface area contributed by atoms with Crippen molar-refractivity contribution in [3.05, 3.63) is 71.4 Å². The van der Waals surface area contributed by atoms with E-state index >= 15 is 0 Å². The van der Waals surface area contributed by atoms with Gasteiger partial charge in [0.2, 0.25) is 11.8 Å². The lowest BCUT2D eigenvalue weighted by Gasteiger charge is -2.34. The van der Waals surface area contributed by atoms with Crippen LogP contribution in [0.5, 0.6) is 0 Å². The lowest BCUT2D eigenvalue weighted by Crippen LogP contribution is -2.53. The van der Waals surface area contributed by atoms with Gasteiger partial charge in [0.25, 0.3) is 0 Å². The third kappa shape index (κ3) is 8.76. The van der Waals surface area contributed by atoms with Gasteiger partial charge in [-0.2, -0.15) is 0 Å². The van der Waals surface area contributed by atoms with Crippen molar-refractivity contribution in [2.45, 2.75) is 76.5 Å². The van der Waals surface area contributed by atoms with Crippen LogP contribution in [-0.4, -0.2) is 106 Å². The summed E-state index contributed by atoms with van der Waals surface area (Å²) in [5.74, 6) is 7.39. The molecule has 5 heterocycles. The van der Waals surface area contributed by atoms with Gasteiger partial charge in [0.05, 0.1) is 55.8 Å². The van der Waals surface area contributed by atoms with Crippen molar-refractivity contribution in [1.82, 2.24) is 40.4 Å². The molecule has 3 aliphatic rings. The molecule has 0 radical (unpaired) electrons. The molecule has 0 aliphatic carbocycles. The third-order valence-electron chi connectivity index (χ3n) is 11.1. The van der Waals surface area contributed by atoms with Crippen LogP contribution in [-0.2, 0) is 23.8 Å². The van der Waals surface area contributed by atoms with Gasteiger partial charge in [0, 0.05) is 36.7 Å². The van der Waals surface area contributed by atoms with Crippen molar-refractivity contribution >= 4 is 35.0 Å². The average molecular weight is 779 g/mol. The zero-order chi connectivity index (χ0) is 40.1. The molecule has 4 amide bonds. The number of amides is 4. The largest absolute Gasteiger partial charge is 0.453 e. The summed E-state index contributed by atoms with van der Waals surface area (Å²) in [5.41, 5.74) is 5.04. The number of ether oxygens (including phenoxy) is 3. The molecule has 3 aliphatic heterocycles. The fourth-order valence-electron chi connectivity index (χ4n) is 8.08. The minimum Gasteiger partial charge on any atom is -0.453 e. The van der Waals surface area contributed by atoms with Crippen LogP contribution in [0.15, 0.2) is 48.7 Å². The summed E-state index contributed by atoms with van der Waals surface area (Å²) < 4.78 is 15.3. The van der Waals surface area contributed by atoms with E-state index in [1.165, 1.54) is 14.2 Å². The molecule has 300 valence electrons. The quantitative estimate of drug-likeness (QED) is 0.166. The highest BCUT2D eigenvalue weighted by molar-refractivity contribution is 5.87. The molecule has 4 aromatic rings. The first-order valence-corrected chi connectivity index (χ1v) is 19.7. The van der Waals surface area contributed by atoms with Gasteiger partial charge >= 0.3 is 12.2 Å². The SMILES string of the molecule is COC(=O)N[C@H](C(=O)N1CCC[C@H]1c1ncc(-c2ccc(C#Cc3ccc4nc([C@@H]5CCCN5C(=O)[C@@H](NC(=O)OC)C5CCCOC5)[nH]c4c3)cc2)[nH]1)C(C)C. The monoisotopic (exact) mass is 778 g/mol. The Morgan fingerprint density at radius 3 is 2.18 bits per heavy atom. The number of benzene rings is 2. The van der Waals surface area contributed by atoms with Crippen molar-refractivity contribution in [2.24, 2.45) is 11.8 Å². The summed E-state index contributed by atoms with van der Waals surface area (Å²) in [5, 5.41) is 5.47. The third-order valence-corrected chi connectivity index (χ3v) is 11.1. The Hall–Kier alpha value is -5.88. The number of rotatable bonds is 9. The van der Waals surface area contributed by atoms with Crippen molar-refractivity contribution in [2.75, 3.05) is 40.5 Å². The number of hydrogen-bond acceptors (Lipinski definition) is 9. The maximum absolute atomic E-state index is 13.9. The number of nitrogens with one attached hydrogen (secondary N) is 4. The summed E-state index contributed by atoms with van der Waals surface area (Å²) in [6.07, 6.45) is 5.33. The number of carbonyl (C=O) groups excluding carboxylic acids is 4. The number of aromatic nitrogens is 4. The van der Waals surface area contributed by atoms with Crippen molar-refractivity contribution in [3.63, 3.8) is 0 Å². The Labute approximate surface area is 331 Å². The van der Waals surface area contributed by atoms with Crippen molar-refractivity contribution in [1.29, 1.82) is 0 Å². The first-order valence-electron chi connectivity index (χ1n) is 19.7. The number of likely N-dealkylation sites (tertiary alicyclic amines) is 2. The number of carbonyl (C=O) groups is 4. The topological polar surface area (TPSA) is 184 Å². The lowest BCUT2D eigenvalue weighted by atomic mass is 9.92. The van der Waals surface area contributed by atoms with Gasteiger partial charge in [0.1, 0.15) is 23.7 Å². The van der Waals surface area contributed by atoms with E-state index in [2.05, 4.69) is 37.4 Å². The van der Waals surface area contributed by atoms with E-state index in [1.807, 2.05) is 61.2 Å². The highest BCUT2D eigenvalue weighted by Gasteiger charge is 2.41. The number of methoxy groups -OCH3 is 2. The number of aromatic amines is 2.